The second-order valence-electron chi connectivity index (χ2n) is 3.67. The van der Waals surface area contributed by atoms with Crippen LogP contribution >= 0.6 is 11.6 Å². The Morgan fingerprint density at radius 2 is 2.00 bits per heavy atom. The molecule has 0 saturated carbocycles. The number of methoxy groups -OCH3 is 1. The van der Waals surface area contributed by atoms with Gasteiger partial charge in [0.05, 0.1) is 18.6 Å². The summed E-state index contributed by atoms with van der Waals surface area (Å²) in [6.07, 6.45) is 0.173. The van der Waals surface area contributed by atoms with E-state index in [-0.39, 0.29) is 6.10 Å². The van der Waals surface area contributed by atoms with Gasteiger partial charge in [0.1, 0.15) is 12.4 Å². The van der Waals surface area contributed by atoms with Crippen molar-refractivity contribution in [3.05, 3.63) is 11.6 Å². The van der Waals surface area contributed by atoms with E-state index in [0.29, 0.717) is 25.6 Å². The number of ether oxygens (including phenoxy) is 2. The Kier molecular flexibility index (Phi) is 5.73. The Morgan fingerprint density at radius 3 is 2.56 bits per heavy atom. The maximum Gasteiger partial charge on any atom is 0.159 e. The first kappa shape index (κ1) is 13.4. The van der Waals surface area contributed by atoms with Crippen molar-refractivity contribution < 1.29 is 9.47 Å². The van der Waals surface area contributed by atoms with Crippen LogP contribution < -0.4 is 0 Å². The summed E-state index contributed by atoms with van der Waals surface area (Å²) in [6, 6.07) is 0. The molecule has 0 unspecified atom stereocenters. The van der Waals surface area contributed by atoms with Gasteiger partial charge >= 0.3 is 0 Å². The molecule has 0 saturated heterocycles. The summed E-state index contributed by atoms with van der Waals surface area (Å²) >= 11 is 5.78. The quantitative estimate of drug-likeness (QED) is 0.687. The van der Waals surface area contributed by atoms with E-state index in [4.69, 9.17) is 21.1 Å². The zero-order chi connectivity index (χ0) is 12.0. The van der Waals surface area contributed by atoms with Crippen LogP contribution in [0.5, 0.6) is 0 Å². The van der Waals surface area contributed by atoms with Crippen LogP contribution in [-0.4, -0.2) is 34.6 Å². The molecule has 0 fully saturated rings. The number of alkyl halides is 1. The van der Waals surface area contributed by atoms with Crippen molar-refractivity contribution in [2.75, 3.05) is 13.7 Å². The molecule has 5 nitrogen and oxygen atoms in total. The number of rotatable bonds is 7. The van der Waals surface area contributed by atoms with Crippen LogP contribution in [-0.2, 0) is 28.5 Å². The monoisotopic (exact) mass is 247 g/mol. The van der Waals surface area contributed by atoms with E-state index >= 15 is 0 Å². The standard InChI is InChI=1S/C10H18ClN3O2/c1-8(2)16-7-10-13-12-9(6-11)14(10)4-5-15-3/h8H,4-7H2,1-3H3. The SMILES string of the molecule is COCCn1c(CCl)nnc1COC(C)C. The molecule has 0 radical (unpaired) electrons. The third-order valence-electron chi connectivity index (χ3n) is 2.09. The maximum atomic E-state index is 5.78. The van der Waals surface area contributed by atoms with Gasteiger partial charge in [-0.3, -0.25) is 0 Å². The Hall–Kier alpha value is -0.650. The lowest BCUT2D eigenvalue weighted by Crippen LogP contribution is -2.13. The fourth-order valence-electron chi connectivity index (χ4n) is 1.26. The molecular weight excluding hydrogens is 230 g/mol. The third-order valence-corrected chi connectivity index (χ3v) is 2.33. The minimum Gasteiger partial charge on any atom is -0.383 e. The van der Waals surface area contributed by atoms with Crippen LogP contribution in [0, 0.1) is 0 Å². The van der Waals surface area contributed by atoms with E-state index in [0.717, 1.165) is 11.6 Å². The molecule has 6 heteroatoms. The first-order chi connectivity index (χ1) is 7.69. The topological polar surface area (TPSA) is 49.2 Å². The van der Waals surface area contributed by atoms with Crippen molar-refractivity contribution in [3.63, 3.8) is 0 Å². The summed E-state index contributed by atoms with van der Waals surface area (Å²) in [4.78, 5) is 0. The third kappa shape index (κ3) is 3.73. The van der Waals surface area contributed by atoms with E-state index in [9.17, 15) is 0 Å². The van der Waals surface area contributed by atoms with Gasteiger partial charge in [0, 0.05) is 13.7 Å². The normalized spacial score (nSPS) is 11.3. The Labute approximate surface area is 101 Å². The number of aromatic nitrogens is 3. The lowest BCUT2D eigenvalue weighted by atomic mass is 10.5. The molecule has 0 bridgehead atoms. The molecule has 1 heterocycles. The van der Waals surface area contributed by atoms with Crippen LogP contribution in [0.15, 0.2) is 0 Å². The highest BCUT2D eigenvalue weighted by Crippen LogP contribution is 2.07. The minimum atomic E-state index is 0.173. The maximum absolute atomic E-state index is 5.78. The van der Waals surface area contributed by atoms with Gasteiger partial charge in [0.25, 0.3) is 0 Å². The van der Waals surface area contributed by atoms with Crippen molar-refractivity contribution in [2.45, 2.75) is 39.0 Å². The van der Waals surface area contributed by atoms with Crippen LogP contribution in [0.1, 0.15) is 25.5 Å². The lowest BCUT2D eigenvalue weighted by Gasteiger charge is -2.10. The van der Waals surface area contributed by atoms with Crippen molar-refractivity contribution in [3.8, 4) is 0 Å². The average molecular weight is 248 g/mol. The highest BCUT2D eigenvalue weighted by atomic mass is 35.5. The Morgan fingerprint density at radius 1 is 1.31 bits per heavy atom. The van der Waals surface area contributed by atoms with Crippen LogP contribution in [0.2, 0.25) is 0 Å². The Balaban J connectivity index is 2.70. The molecule has 0 aliphatic heterocycles. The van der Waals surface area contributed by atoms with Gasteiger partial charge in [0.15, 0.2) is 5.82 Å². The molecule has 0 aliphatic rings. The summed E-state index contributed by atoms with van der Waals surface area (Å²) in [5.41, 5.74) is 0. The summed E-state index contributed by atoms with van der Waals surface area (Å²) in [6.45, 7) is 5.72. The first-order valence-corrected chi connectivity index (χ1v) is 5.80. The smallest absolute Gasteiger partial charge is 0.159 e. The minimum absolute atomic E-state index is 0.173. The molecule has 92 valence electrons. The number of hydrogen-bond donors (Lipinski definition) is 0. The fraction of sp³-hybridized carbons (Fsp3) is 0.800. The highest BCUT2D eigenvalue weighted by molar-refractivity contribution is 6.16. The summed E-state index contributed by atoms with van der Waals surface area (Å²) in [5.74, 6) is 1.89. The largest absolute Gasteiger partial charge is 0.383 e. The van der Waals surface area contributed by atoms with Crippen molar-refractivity contribution >= 4 is 11.6 Å². The second-order valence-corrected chi connectivity index (χ2v) is 3.94. The molecule has 0 aliphatic carbocycles. The van der Waals surface area contributed by atoms with Gasteiger partial charge in [-0.05, 0) is 13.8 Å². The summed E-state index contributed by atoms with van der Waals surface area (Å²) in [5, 5.41) is 8.07. The molecule has 1 aromatic rings. The fourth-order valence-corrected chi connectivity index (χ4v) is 1.46. The van der Waals surface area contributed by atoms with Gasteiger partial charge in [-0.1, -0.05) is 0 Å². The molecule has 1 rings (SSSR count). The summed E-state index contributed by atoms with van der Waals surface area (Å²) in [7, 11) is 1.66. The first-order valence-electron chi connectivity index (χ1n) is 5.26. The number of hydrogen-bond acceptors (Lipinski definition) is 4. The lowest BCUT2D eigenvalue weighted by molar-refractivity contribution is 0.0583. The average Bonchev–Trinajstić information content (AvgIpc) is 2.65. The van der Waals surface area contributed by atoms with Crippen molar-refractivity contribution in [1.82, 2.24) is 14.8 Å². The number of nitrogens with zero attached hydrogens (tertiary/aromatic N) is 3. The molecule has 0 atom stereocenters. The zero-order valence-corrected chi connectivity index (χ0v) is 10.7. The summed E-state index contributed by atoms with van der Waals surface area (Å²) < 4.78 is 12.5. The second kappa shape index (κ2) is 6.83. The molecule has 0 aromatic carbocycles. The van der Waals surface area contributed by atoms with Crippen LogP contribution in [0.3, 0.4) is 0 Å². The van der Waals surface area contributed by atoms with Gasteiger partial charge in [-0.2, -0.15) is 0 Å². The predicted molar refractivity (Wildman–Crippen MR) is 61.4 cm³/mol. The molecule has 0 N–H and O–H groups in total. The Bertz CT molecular complexity index is 315. The highest BCUT2D eigenvalue weighted by Gasteiger charge is 2.11. The van der Waals surface area contributed by atoms with Gasteiger partial charge in [0.2, 0.25) is 0 Å². The van der Waals surface area contributed by atoms with Crippen molar-refractivity contribution in [1.29, 1.82) is 0 Å². The van der Waals surface area contributed by atoms with Gasteiger partial charge in [-0.25, -0.2) is 0 Å². The van der Waals surface area contributed by atoms with Crippen molar-refractivity contribution in [2.24, 2.45) is 0 Å². The van der Waals surface area contributed by atoms with E-state index in [1.165, 1.54) is 0 Å². The van der Waals surface area contributed by atoms with Crippen LogP contribution in [0.25, 0.3) is 0 Å². The molecule has 1 aromatic heterocycles. The number of halogens is 1. The van der Waals surface area contributed by atoms with E-state index in [1.54, 1.807) is 7.11 Å². The van der Waals surface area contributed by atoms with E-state index in [2.05, 4.69) is 10.2 Å². The molecule has 0 amide bonds. The molecule has 16 heavy (non-hydrogen) atoms. The zero-order valence-electron chi connectivity index (χ0n) is 9.94. The van der Waals surface area contributed by atoms with E-state index < -0.39 is 0 Å². The van der Waals surface area contributed by atoms with Gasteiger partial charge < -0.3 is 14.0 Å². The van der Waals surface area contributed by atoms with E-state index in [1.807, 2.05) is 18.4 Å². The molecular formula is C10H18ClN3O2. The predicted octanol–water partition coefficient (Wildman–Crippen LogP) is 1.59. The molecule has 0 spiro atoms. The van der Waals surface area contributed by atoms with Crippen LogP contribution in [0.4, 0.5) is 0 Å². The van der Waals surface area contributed by atoms with Gasteiger partial charge in [-0.15, -0.1) is 21.8 Å².